The molecular formula is C27H41FN4O5S. The summed E-state index contributed by atoms with van der Waals surface area (Å²) < 4.78 is 47.4. The van der Waals surface area contributed by atoms with E-state index in [-0.39, 0.29) is 35.9 Å². The topological polar surface area (TPSA) is 108 Å². The van der Waals surface area contributed by atoms with E-state index in [4.69, 9.17) is 4.74 Å². The van der Waals surface area contributed by atoms with Gasteiger partial charge in [-0.2, -0.15) is 0 Å². The third kappa shape index (κ3) is 6.66. The molecule has 1 aromatic carbocycles. The Labute approximate surface area is 225 Å². The Morgan fingerprint density at radius 3 is 2.34 bits per heavy atom. The average molecular weight is 553 g/mol. The standard InChI is InChI=1S/C27H41FN4O5S/c1-17(2)16-38(35,36)32-14-22(37-15-19-8-10-20(28)11-9-19)23-21(32)12-13-31(23)26(34)24(27(4,5)6)30-25(33)18(3)29-7/h8-11,14,17-18,21,23-24,29H,12-13,15-16H2,1-7H3,(H,30,33). The molecule has 1 saturated heterocycles. The maximum atomic E-state index is 14.0. The molecule has 4 unspecified atom stereocenters. The third-order valence-electron chi connectivity index (χ3n) is 6.93. The number of rotatable bonds is 10. The van der Waals surface area contributed by atoms with Crippen molar-refractivity contribution in [3.63, 3.8) is 0 Å². The molecule has 0 aliphatic carbocycles. The maximum absolute atomic E-state index is 14.0. The fourth-order valence-corrected chi connectivity index (χ4v) is 6.72. The van der Waals surface area contributed by atoms with E-state index in [0.717, 1.165) is 0 Å². The van der Waals surface area contributed by atoms with Gasteiger partial charge in [-0.3, -0.25) is 13.9 Å². The molecule has 11 heteroatoms. The van der Waals surface area contributed by atoms with E-state index in [0.29, 0.717) is 24.3 Å². The lowest BCUT2D eigenvalue weighted by Gasteiger charge is -2.36. The summed E-state index contributed by atoms with van der Waals surface area (Å²) in [4.78, 5) is 28.3. The minimum atomic E-state index is -3.65. The van der Waals surface area contributed by atoms with Crippen molar-refractivity contribution in [2.45, 2.75) is 78.7 Å². The number of fused-ring (bicyclic) bond motifs is 1. The minimum Gasteiger partial charge on any atom is -0.489 e. The van der Waals surface area contributed by atoms with Crippen LogP contribution in [0.25, 0.3) is 0 Å². The van der Waals surface area contributed by atoms with Crippen LogP contribution in [0.4, 0.5) is 4.39 Å². The van der Waals surface area contributed by atoms with E-state index < -0.39 is 39.6 Å². The molecule has 2 aliphatic heterocycles. The smallest absolute Gasteiger partial charge is 0.246 e. The van der Waals surface area contributed by atoms with Crippen molar-refractivity contribution in [1.29, 1.82) is 0 Å². The van der Waals surface area contributed by atoms with Gasteiger partial charge in [0.1, 0.15) is 30.3 Å². The molecule has 2 aliphatic rings. The minimum absolute atomic E-state index is 0.0332. The van der Waals surface area contributed by atoms with Gasteiger partial charge in [0.05, 0.1) is 24.0 Å². The van der Waals surface area contributed by atoms with Gasteiger partial charge >= 0.3 is 0 Å². The second-order valence-corrected chi connectivity index (χ2v) is 13.5. The number of likely N-dealkylation sites (tertiary alicyclic amines) is 1. The van der Waals surface area contributed by atoms with Crippen molar-refractivity contribution in [2.75, 3.05) is 19.3 Å². The lowest BCUT2D eigenvalue weighted by atomic mass is 9.85. The van der Waals surface area contributed by atoms with Gasteiger partial charge in [-0.05, 0) is 49.4 Å². The van der Waals surface area contributed by atoms with Crippen LogP contribution < -0.4 is 10.6 Å². The van der Waals surface area contributed by atoms with E-state index in [2.05, 4.69) is 10.6 Å². The van der Waals surface area contributed by atoms with Crippen LogP contribution in [0.5, 0.6) is 0 Å². The molecule has 9 nitrogen and oxygen atoms in total. The Morgan fingerprint density at radius 2 is 1.79 bits per heavy atom. The zero-order chi connectivity index (χ0) is 28.4. The highest BCUT2D eigenvalue weighted by Gasteiger charge is 2.52. The third-order valence-corrected chi connectivity index (χ3v) is 9.04. The van der Waals surface area contributed by atoms with Crippen LogP contribution in [0.1, 0.15) is 53.5 Å². The van der Waals surface area contributed by atoms with Gasteiger partial charge in [-0.15, -0.1) is 0 Å². The molecule has 0 saturated carbocycles. The first-order chi connectivity index (χ1) is 17.7. The van der Waals surface area contributed by atoms with Crippen molar-refractivity contribution in [3.05, 3.63) is 47.6 Å². The SMILES string of the molecule is CNC(C)C(=O)NC(C(=O)N1CCC2C1C(OCc1ccc(F)cc1)=CN2S(=O)(=O)CC(C)C)C(C)(C)C. The van der Waals surface area contributed by atoms with Gasteiger partial charge in [0, 0.05) is 6.54 Å². The molecule has 38 heavy (non-hydrogen) atoms. The quantitative estimate of drug-likeness (QED) is 0.462. The molecule has 2 amide bonds. The molecule has 0 spiro atoms. The monoisotopic (exact) mass is 552 g/mol. The largest absolute Gasteiger partial charge is 0.489 e. The van der Waals surface area contributed by atoms with Crippen molar-refractivity contribution in [2.24, 2.45) is 11.3 Å². The van der Waals surface area contributed by atoms with Crippen molar-refractivity contribution >= 4 is 21.8 Å². The van der Waals surface area contributed by atoms with Crippen LogP contribution >= 0.6 is 0 Å². The van der Waals surface area contributed by atoms with Gasteiger partial charge in [-0.1, -0.05) is 46.8 Å². The number of hydrogen-bond acceptors (Lipinski definition) is 6. The number of amides is 2. The molecular weight excluding hydrogens is 511 g/mol. The van der Waals surface area contributed by atoms with Crippen LogP contribution in [0.15, 0.2) is 36.2 Å². The fraction of sp³-hybridized carbons (Fsp3) is 0.630. The highest BCUT2D eigenvalue weighted by atomic mass is 32.2. The van der Waals surface area contributed by atoms with Gasteiger partial charge in [0.2, 0.25) is 21.8 Å². The lowest BCUT2D eigenvalue weighted by Crippen LogP contribution is -2.58. The summed E-state index contributed by atoms with van der Waals surface area (Å²) >= 11 is 0. The zero-order valence-electron chi connectivity index (χ0n) is 23.3. The number of halogens is 1. The Kier molecular flexibility index (Phi) is 9.13. The van der Waals surface area contributed by atoms with E-state index in [1.165, 1.54) is 22.6 Å². The number of hydrogen-bond donors (Lipinski definition) is 2. The highest BCUT2D eigenvalue weighted by molar-refractivity contribution is 7.89. The summed E-state index contributed by atoms with van der Waals surface area (Å²) in [6, 6.07) is 3.41. The Bertz CT molecular complexity index is 1150. The number of carbonyl (C=O) groups excluding carboxylic acids is 2. The summed E-state index contributed by atoms with van der Waals surface area (Å²) in [7, 11) is -1.98. The Morgan fingerprint density at radius 1 is 1.16 bits per heavy atom. The van der Waals surface area contributed by atoms with Crippen LogP contribution in [-0.4, -0.2) is 72.9 Å². The molecule has 0 radical (unpaired) electrons. The molecule has 2 N–H and O–H groups in total. The second-order valence-electron chi connectivity index (χ2n) is 11.6. The summed E-state index contributed by atoms with van der Waals surface area (Å²) in [5.41, 5.74) is 0.114. The molecule has 1 aromatic rings. The molecule has 1 fully saturated rings. The number of benzene rings is 1. The van der Waals surface area contributed by atoms with E-state index >= 15 is 0 Å². The number of likely N-dealkylation sites (N-methyl/N-ethyl adjacent to an activating group) is 1. The predicted molar refractivity (Wildman–Crippen MR) is 144 cm³/mol. The predicted octanol–water partition coefficient (Wildman–Crippen LogP) is 2.59. The normalized spacial score (nSPS) is 21.2. The zero-order valence-corrected chi connectivity index (χ0v) is 24.1. The first-order valence-electron chi connectivity index (χ1n) is 13.0. The summed E-state index contributed by atoms with van der Waals surface area (Å²) in [6.45, 7) is 11.4. The molecule has 212 valence electrons. The molecule has 0 aromatic heterocycles. The van der Waals surface area contributed by atoms with E-state index in [1.54, 1.807) is 31.0 Å². The van der Waals surface area contributed by atoms with Crippen LogP contribution in [-0.2, 0) is 31.0 Å². The molecule has 4 atom stereocenters. The lowest BCUT2D eigenvalue weighted by molar-refractivity contribution is -0.140. The van der Waals surface area contributed by atoms with Crippen molar-refractivity contribution in [1.82, 2.24) is 19.8 Å². The van der Waals surface area contributed by atoms with Gasteiger partial charge in [0.15, 0.2) is 0 Å². The maximum Gasteiger partial charge on any atom is 0.246 e. The van der Waals surface area contributed by atoms with E-state index in [1.807, 2.05) is 34.6 Å². The highest BCUT2D eigenvalue weighted by Crippen LogP contribution is 2.39. The van der Waals surface area contributed by atoms with E-state index in [9.17, 15) is 22.4 Å². The second kappa shape index (κ2) is 11.6. The van der Waals surface area contributed by atoms with Gasteiger partial charge < -0.3 is 20.3 Å². The molecule has 0 bridgehead atoms. The number of nitrogens with zero attached hydrogens (tertiary/aromatic N) is 2. The number of nitrogens with one attached hydrogen (secondary N) is 2. The van der Waals surface area contributed by atoms with Crippen molar-refractivity contribution in [3.8, 4) is 0 Å². The number of sulfonamides is 1. The molecule has 2 heterocycles. The molecule has 3 rings (SSSR count). The Hall–Kier alpha value is -2.66. The van der Waals surface area contributed by atoms with Gasteiger partial charge in [0.25, 0.3) is 0 Å². The van der Waals surface area contributed by atoms with Crippen molar-refractivity contribution < 1.29 is 27.1 Å². The van der Waals surface area contributed by atoms with Crippen LogP contribution in [0.2, 0.25) is 0 Å². The Balaban J connectivity index is 1.93. The average Bonchev–Trinajstić information content (AvgIpc) is 3.40. The number of carbonyl (C=O) groups is 2. The summed E-state index contributed by atoms with van der Waals surface area (Å²) in [5, 5.41) is 5.77. The first-order valence-corrected chi connectivity index (χ1v) is 14.6. The van der Waals surface area contributed by atoms with Gasteiger partial charge in [-0.25, -0.2) is 12.8 Å². The summed E-state index contributed by atoms with van der Waals surface area (Å²) in [5.74, 6) is -0.706. The summed E-state index contributed by atoms with van der Waals surface area (Å²) in [6.07, 6.45) is 1.93. The van der Waals surface area contributed by atoms with Crippen LogP contribution in [0.3, 0.4) is 0 Å². The number of ether oxygens (including phenoxy) is 1. The van der Waals surface area contributed by atoms with Crippen LogP contribution in [0, 0.1) is 17.2 Å². The first kappa shape index (κ1) is 29.9. The fourth-order valence-electron chi connectivity index (χ4n) is 4.81.